The van der Waals surface area contributed by atoms with Crippen LogP contribution in [0.1, 0.15) is 19.7 Å². The lowest BCUT2D eigenvalue weighted by atomic mass is 10.3. The van der Waals surface area contributed by atoms with Crippen molar-refractivity contribution in [2.24, 2.45) is 0 Å². The van der Waals surface area contributed by atoms with E-state index in [9.17, 15) is 0 Å². The molecular weight excluding hydrogens is 218 g/mol. The van der Waals surface area contributed by atoms with E-state index in [0.29, 0.717) is 18.5 Å². The topological polar surface area (TPSA) is 57.4 Å². The van der Waals surface area contributed by atoms with Crippen molar-refractivity contribution in [1.29, 1.82) is 0 Å². The summed E-state index contributed by atoms with van der Waals surface area (Å²) in [4.78, 5) is 8.87. The number of likely N-dealkylation sites (N-methyl/N-ethyl adjacent to an activating group) is 1. The molecule has 17 heavy (non-hydrogen) atoms. The summed E-state index contributed by atoms with van der Waals surface area (Å²) in [5.41, 5.74) is 0. The summed E-state index contributed by atoms with van der Waals surface area (Å²) in [6.45, 7) is 8.86. The largest absolute Gasteiger partial charge is 0.336 e. The molecular formula is C11H21N5O. The van der Waals surface area contributed by atoms with E-state index in [-0.39, 0.29) is 0 Å². The first-order chi connectivity index (χ1) is 8.15. The Bertz CT molecular complexity index is 343. The van der Waals surface area contributed by atoms with Crippen LogP contribution >= 0.6 is 0 Å². The first kappa shape index (κ1) is 12.3. The quantitative estimate of drug-likeness (QED) is 0.816. The fourth-order valence-electron chi connectivity index (χ4n) is 1.74. The number of nitrogens with one attached hydrogen (secondary N) is 1. The highest BCUT2D eigenvalue weighted by molar-refractivity contribution is 5.28. The molecule has 6 heteroatoms. The summed E-state index contributed by atoms with van der Waals surface area (Å²) in [5.74, 6) is 1.38. The van der Waals surface area contributed by atoms with Crippen molar-refractivity contribution >= 4 is 5.95 Å². The molecule has 2 heterocycles. The molecule has 0 bridgehead atoms. The van der Waals surface area contributed by atoms with Gasteiger partial charge in [-0.25, -0.2) is 0 Å². The summed E-state index contributed by atoms with van der Waals surface area (Å²) < 4.78 is 5.22. The van der Waals surface area contributed by atoms with Gasteiger partial charge >= 0.3 is 0 Å². The third-order valence-electron chi connectivity index (χ3n) is 2.91. The van der Waals surface area contributed by atoms with E-state index in [2.05, 4.69) is 46.2 Å². The molecule has 0 aliphatic carbocycles. The van der Waals surface area contributed by atoms with Gasteiger partial charge in [0, 0.05) is 32.2 Å². The minimum absolute atomic E-state index is 0.425. The van der Waals surface area contributed by atoms with Gasteiger partial charge in [0.2, 0.25) is 5.89 Å². The SMILES string of the molecule is CC(C)NCc1nc(N2CCN(C)CC2)no1. The van der Waals surface area contributed by atoms with Crippen LogP contribution < -0.4 is 10.2 Å². The number of nitrogens with zero attached hydrogens (tertiary/aromatic N) is 4. The van der Waals surface area contributed by atoms with Gasteiger partial charge in [-0.1, -0.05) is 13.8 Å². The molecule has 0 saturated carbocycles. The summed E-state index contributed by atoms with van der Waals surface area (Å²) in [7, 11) is 2.13. The van der Waals surface area contributed by atoms with Gasteiger partial charge in [0.1, 0.15) is 0 Å². The smallest absolute Gasteiger partial charge is 0.266 e. The minimum atomic E-state index is 0.425. The zero-order valence-electron chi connectivity index (χ0n) is 10.8. The van der Waals surface area contributed by atoms with Crippen molar-refractivity contribution in [3.63, 3.8) is 0 Å². The molecule has 1 saturated heterocycles. The van der Waals surface area contributed by atoms with Gasteiger partial charge in [0.15, 0.2) is 0 Å². The van der Waals surface area contributed by atoms with E-state index in [4.69, 9.17) is 4.52 Å². The van der Waals surface area contributed by atoms with Crippen LogP contribution in [0.3, 0.4) is 0 Å². The van der Waals surface area contributed by atoms with Gasteiger partial charge in [-0.2, -0.15) is 4.98 Å². The Hall–Kier alpha value is -1.14. The molecule has 0 atom stereocenters. The molecule has 6 nitrogen and oxygen atoms in total. The number of aromatic nitrogens is 2. The van der Waals surface area contributed by atoms with Crippen LogP contribution in [0.5, 0.6) is 0 Å². The van der Waals surface area contributed by atoms with Gasteiger partial charge in [0.25, 0.3) is 5.95 Å². The highest BCUT2D eigenvalue weighted by Gasteiger charge is 2.18. The summed E-state index contributed by atoms with van der Waals surface area (Å²) in [6.07, 6.45) is 0. The van der Waals surface area contributed by atoms with Crippen LogP contribution in [-0.2, 0) is 6.54 Å². The summed E-state index contributed by atoms with van der Waals surface area (Å²) >= 11 is 0. The molecule has 2 rings (SSSR count). The fourth-order valence-corrected chi connectivity index (χ4v) is 1.74. The lowest BCUT2D eigenvalue weighted by Crippen LogP contribution is -2.44. The molecule has 1 aliphatic heterocycles. The average Bonchev–Trinajstić information content (AvgIpc) is 2.76. The molecule has 0 spiro atoms. The van der Waals surface area contributed by atoms with E-state index >= 15 is 0 Å². The maximum atomic E-state index is 5.22. The van der Waals surface area contributed by atoms with Crippen molar-refractivity contribution in [2.45, 2.75) is 26.4 Å². The van der Waals surface area contributed by atoms with Crippen molar-refractivity contribution in [3.8, 4) is 0 Å². The Morgan fingerprint density at radius 1 is 1.29 bits per heavy atom. The Labute approximate surface area is 102 Å². The molecule has 1 N–H and O–H groups in total. The van der Waals surface area contributed by atoms with E-state index in [0.717, 1.165) is 32.1 Å². The van der Waals surface area contributed by atoms with Gasteiger partial charge in [-0.05, 0) is 12.2 Å². The van der Waals surface area contributed by atoms with Crippen LogP contribution in [0.15, 0.2) is 4.52 Å². The summed E-state index contributed by atoms with van der Waals surface area (Å²) in [5, 5.41) is 7.29. The highest BCUT2D eigenvalue weighted by atomic mass is 16.5. The van der Waals surface area contributed by atoms with Crippen LogP contribution in [0, 0.1) is 0 Å². The monoisotopic (exact) mass is 239 g/mol. The van der Waals surface area contributed by atoms with Crippen LogP contribution in [0.4, 0.5) is 5.95 Å². The Morgan fingerprint density at radius 2 is 2.00 bits per heavy atom. The zero-order valence-corrected chi connectivity index (χ0v) is 10.8. The van der Waals surface area contributed by atoms with E-state index in [1.807, 2.05) is 0 Å². The maximum absolute atomic E-state index is 5.22. The number of hydrogen-bond acceptors (Lipinski definition) is 6. The van der Waals surface area contributed by atoms with Crippen LogP contribution in [-0.4, -0.2) is 54.3 Å². The zero-order chi connectivity index (χ0) is 12.3. The highest BCUT2D eigenvalue weighted by Crippen LogP contribution is 2.11. The number of piperazine rings is 1. The third kappa shape index (κ3) is 3.41. The van der Waals surface area contributed by atoms with Crippen LogP contribution in [0.25, 0.3) is 0 Å². The summed E-state index contributed by atoms with van der Waals surface area (Å²) in [6, 6.07) is 0.425. The number of anilines is 1. The van der Waals surface area contributed by atoms with Crippen molar-refractivity contribution in [1.82, 2.24) is 20.4 Å². The molecule has 96 valence electrons. The third-order valence-corrected chi connectivity index (χ3v) is 2.91. The maximum Gasteiger partial charge on any atom is 0.266 e. The van der Waals surface area contributed by atoms with Gasteiger partial charge in [-0.15, -0.1) is 0 Å². The second-order valence-electron chi connectivity index (χ2n) is 4.81. The normalized spacial score (nSPS) is 18.0. The Morgan fingerprint density at radius 3 is 2.65 bits per heavy atom. The van der Waals surface area contributed by atoms with Crippen molar-refractivity contribution in [3.05, 3.63) is 5.89 Å². The average molecular weight is 239 g/mol. The Balaban J connectivity index is 1.89. The molecule has 1 aromatic rings. The molecule has 0 aromatic carbocycles. The van der Waals surface area contributed by atoms with E-state index < -0.39 is 0 Å². The first-order valence-electron chi connectivity index (χ1n) is 6.14. The second kappa shape index (κ2) is 5.46. The molecule has 0 amide bonds. The van der Waals surface area contributed by atoms with Crippen molar-refractivity contribution in [2.75, 3.05) is 38.1 Å². The second-order valence-corrected chi connectivity index (χ2v) is 4.81. The van der Waals surface area contributed by atoms with E-state index in [1.165, 1.54) is 0 Å². The van der Waals surface area contributed by atoms with Gasteiger partial charge < -0.3 is 19.6 Å². The standard InChI is InChI=1S/C11H21N5O/c1-9(2)12-8-10-13-11(14-17-10)16-6-4-15(3)5-7-16/h9,12H,4-8H2,1-3H3. The molecule has 0 unspecified atom stereocenters. The van der Waals surface area contributed by atoms with Gasteiger partial charge in [0.05, 0.1) is 6.54 Å². The van der Waals surface area contributed by atoms with Crippen LogP contribution in [0.2, 0.25) is 0 Å². The first-order valence-corrected chi connectivity index (χ1v) is 6.14. The molecule has 1 fully saturated rings. The molecule has 1 aliphatic rings. The fraction of sp³-hybridized carbons (Fsp3) is 0.818. The lowest BCUT2D eigenvalue weighted by Gasteiger charge is -2.31. The predicted molar refractivity (Wildman–Crippen MR) is 66.0 cm³/mol. The lowest BCUT2D eigenvalue weighted by molar-refractivity contribution is 0.308. The molecule has 0 radical (unpaired) electrons. The van der Waals surface area contributed by atoms with Crippen molar-refractivity contribution < 1.29 is 4.52 Å². The Kier molecular flexibility index (Phi) is 3.96. The number of hydrogen-bond donors (Lipinski definition) is 1. The molecule has 1 aromatic heterocycles. The minimum Gasteiger partial charge on any atom is -0.336 e. The van der Waals surface area contributed by atoms with E-state index in [1.54, 1.807) is 0 Å². The predicted octanol–water partition coefficient (Wildman–Crippen LogP) is 0.319. The number of rotatable bonds is 4. The van der Waals surface area contributed by atoms with Gasteiger partial charge in [-0.3, -0.25) is 0 Å².